The molecule has 2 heterocycles. The largest absolute Gasteiger partial charge is 0.374 e. The second-order valence-corrected chi connectivity index (χ2v) is 5.54. The lowest BCUT2D eigenvalue weighted by atomic mass is 10.1. The lowest BCUT2D eigenvalue weighted by Crippen LogP contribution is -2.30. The predicted octanol–water partition coefficient (Wildman–Crippen LogP) is 1.61. The van der Waals surface area contributed by atoms with E-state index in [1.54, 1.807) is 17.7 Å². The van der Waals surface area contributed by atoms with Crippen LogP contribution in [0, 0.1) is 6.92 Å². The number of aromatic nitrogens is 2. The first-order valence-electron chi connectivity index (χ1n) is 7.74. The van der Waals surface area contributed by atoms with Crippen LogP contribution in [-0.2, 0) is 6.54 Å². The van der Waals surface area contributed by atoms with E-state index in [1.165, 1.54) is 0 Å². The van der Waals surface area contributed by atoms with Crippen LogP contribution in [0.5, 0.6) is 0 Å². The highest BCUT2D eigenvalue weighted by Crippen LogP contribution is 2.06. The number of aliphatic imine (C=N–C) groups is 1. The first kappa shape index (κ1) is 18.5. The van der Waals surface area contributed by atoms with Crippen LogP contribution in [0.4, 0.5) is 0 Å². The Hall–Kier alpha value is -1.56. The van der Waals surface area contributed by atoms with Crippen LogP contribution < -0.4 is 16.6 Å². The standard InChI is InChI=1S/C15H24N4O2.ClH/c1-12-11-19(15(21)18-14(12)20)10-5-3-2-4-7-13-16-8-6-9-17-13;/h11H,2-10H2,1H3,(H,16,17)(H,18,20,21);1H. The number of hydrogen-bond donors (Lipinski definition) is 2. The van der Waals surface area contributed by atoms with Crippen molar-refractivity contribution in [3.05, 3.63) is 32.6 Å². The van der Waals surface area contributed by atoms with Crippen LogP contribution in [0.15, 0.2) is 20.8 Å². The van der Waals surface area contributed by atoms with E-state index in [-0.39, 0.29) is 23.7 Å². The molecule has 0 aromatic carbocycles. The number of halogens is 1. The fourth-order valence-electron chi connectivity index (χ4n) is 2.46. The summed E-state index contributed by atoms with van der Waals surface area (Å²) >= 11 is 0. The molecular weight excluding hydrogens is 304 g/mol. The van der Waals surface area contributed by atoms with Gasteiger partial charge in [-0.3, -0.25) is 14.8 Å². The molecule has 22 heavy (non-hydrogen) atoms. The molecule has 0 unspecified atom stereocenters. The van der Waals surface area contributed by atoms with Crippen LogP contribution in [0.3, 0.4) is 0 Å². The Morgan fingerprint density at radius 3 is 2.73 bits per heavy atom. The van der Waals surface area contributed by atoms with Crippen molar-refractivity contribution >= 4 is 18.2 Å². The van der Waals surface area contributed by atoms with E-state index in [2.05, 4.69) is 15.3 Å². The Bertz CT molecular complexity index is 606. The first-order valence-corrected chi connectivity index (χ1v) is 7.74. The van der Waals surface area contributed by atoms with Gasteiger partial charge in [-0.2, -0.15) is 0 Å². The Balaban J connectivity index is 0.00000242. The quantitative estimate of drug-likeness (QED) is 0.746. The summed E-state index contributed by atoms with van der Waals surface area (Å²) in [5.74, 6) is 1.15. The number of aryl methyl sites for hydroxylation is 2. The molecule has 0 saturated carbocycles. The van der Waals surface area contributed by atoms with Gasteiger partial charge in [0.2, 0.25) is 0 Å². The van der Waals surface area contributed by atoms with Gasteiger partial charge in [0.05, 0.1) is 5.84 Å². The van der Waals surface area contributed by atoms with E-state index < -0.39 is 0 Å². The van der Waals surface area contributed by atoms with E-state index in [9.17, 15) is 9.59 Å². The molecule has 2 N–H and O–H groups in total. The van der Waals surface area contributed by atoms with Crippen LogP contribution in [0.1, 0.15) is 44.1 Å². The highest BCUT2D eigenvalue weighted by molar-refractivity contribution is 5.85. The zero-order valence-electron chi connectivity index (χ0n) is 13.1. The number of unbranched alkanes of at least 4 members (excludes halogenated alkanes) is 3. The minimum Gasteiger partial charge on any atom is -0.374 e. The van der Waals surface area contributed by atoms with Gasteiger partial charge in [-0.1, -0.05) is 12.8 Å². The van der Waals surface area contributed by atoms with Crippen molar-refractivity contribution in [2.24, 2.45) is 4.99 Å². The molecule has 1 aliphatic heterocycles. The number of hydrogen-bond acceptors (Lipinski definition) is 4. The molecule has 0 amide bonds. The Morgan fingerprint density at radius 2 is 2.00 bits per heavy atom. The van der Waals surface area contributed by atoms with Crippen LogP contribution >= 0.6 is 12.4 Å². The number of aromatic amines is 1. The summed E-state index contributed by atoms with van der Waals surface area (Å²) in [6, 6.07) is 0. The SMILES string of the molecule is Cc1cn(CCCCCCC2=NCCCN2)c(=O)[nH]c1=O.Cl. The van der Waals surface area contributed by atoms with Crippen molar-refractivity contribution in [1.29, 1.82) is 0 Å². The van der Waals surface area contributed by atoms with Gasteiger partial charge in [-0.05, 0) is 26.2 Å². The molecule has 124 valence electrons. The molecule has 1 aliphatic rings. The molecule has 0 atom stereocenters. The van der Waals surface area contributed by atoms with Crippen molar-refractivity contribution in [3.63, 3.8) is 0 Å². The molecule has 7 heteroatoms. The van der Waals surface area contributed by atoms with E-state index in [0.717, 1.165) is 57.5 Å². The molecule has 1 aromatic rings. The van der Waals surface area contributed by atoms with Gasteiger partial charge in [0.25, 0.3) is 5.56 Å². The average molecular weight is 329 g/mol. The van der Waals surface area contributed by atoms with Gasteiger partial charge in [-0.15, -0.1) is 12.4 Å². The van der Waals surface area contributed by atoms with E-state index in [4.69, 9.17) is 0 Å². The topological polar surface area (TPSA) is 79.2 Å². The summed E-state index contributed by atoms with van der Waals surface area (Å²) in [6.07, 6.45) is 8.10. The van der Waals surface area contributed by atoms with E-state index >= 15 is 0 Å². The first-order chi connectivity index (χ1) is 10.2. The third-order valence-corrected chi connectivity index (χ3v) is 3.72. The van der Waals surface area contributed by atoms with Crippen molar-refractivity contribution in [1.82, 2.24) is 14.9 Å². The predicted molar refractivity (Wildman–Crippen MR) is 91.3 cm³/mol. The lowest BCUT2D eigenvalue weighted by Gasteiger charge is -2.14. The molecule has 0 fully saturated rings. The molecule has 0 radical (unpaired) electrons. The van der Waals surface area contributed by atoms with Crippen molar-refractivity contribution in [2.45, 2.75) is 52.0 Å². The van der Waals surface area contributed by atoms with E-state index in [0.29, 0.717) is 12.1 Å². The second kappa shape index (κ2) is 9.46. The van der Waals surface area contributed by atoms with Crippen LogP contribution in [-0.4, -0.2) is 28.5 Å². The number of nitrogens with zero attached hydrogens (tertiary/aromatic N) is 2. The number of H-pyrrole nitrogens is 1. The summed E-state index contributed by atoms with van der Waals surface area (Å²) in [5.41, 5.74) is -0.0284. The summed E-state index contributed by atoms with van der Waals surface area (Å²) < 4.78 is 1.59. The van der Waals surface area contributed by atoms with Crippen molar-refractivity contribution < 1.29 is 0 Å². The number of nitrogens with one attached hydrogen (secondary N) is 2. The van der Waals surface area contributed by atoms with Gasteiger partial charge in [0, 0.05) is 37.8 Å². The average Bonchev–Trinajstić information content (AvgIpc) is 2.49. The minimum atomic E-state index is -0.314. The molecule has 2 rings (SSSR count). The molecule has 0 aliphatic carbocycles. The minimum absolute atomic E-state index is 0. The Kier molecular flexibility index (Phi) is 7.95. The lowest BCUT2D eigenvalue weighted by molar-refractivity contribution is 0.552. The second-order valence-electron chi connectivity index (χ2n) is 5.54. The van der Waals surface area contributed by atoms with Gasteiger partial charge < -0.3 is 9.88 Å². The summed E-state index contributed by atoms with van der Waals surface area (Å²) in [7, 11) is 0. The van der Waals surface area contributed by atoms with Gasteiger partial charge >= 0.3 is 5.69 Å². The summed E-state index contributed by atoms with van der Waals surface area (Å²) in [4.78, 5) is 29.7. The third kappa shape index (κ3) is 5.67. The fourth-order valence-corrected chi connectivity index (χ4v) is 2.46. The molecule has 0 bridgehead atoms. The maximum atomic E-state index is 11.6. The van der Waals surface area contributed by atoms with Gasteiger partial charge in [-0.25, -0.2) is 4.79 Å². The maximum Gasteiger partial charge on any atom is 0.328 e. The highest BCUT2D eigenvalue weighted by atomic mass is 35.5. The van der Waals surface area contributed by atoms with Crippen molar-refractivity contribution in [2.75, 3.05) is 13.1 Å². The Morgan fingerprint density at radius 1 is 1.23 bits per heavy atom. The smallest absolute Gasteiger partial charge is 0.328 e. The molecule has 0 saturated heterocycles. The third-order valence-electron chi connectivity index (χ3n) is 3.72. The fraction of sp³-hybridized carbons (Fsp3) is 0.667. The van der Waals surface area contributed by atoms with Crippen molar-refractivity contribution in [3.8, 4) is 0 Å². The number of rotatable bonds is 7. The normalized spacial score (nSPS) is 14.0. The van der Waals surface area contributed by atoms with Gasteiger partial charge in [0.1, 0.15) is 0 Å². The molecular formula is C15H25ClN4O2. The Labute approximate surface area is 136 Å². The van der Waals surface area contributed by atoms with Gasteiger partial charge in [0.15, 0.2) is 0 Å². The zero-order valence-corrected chi connectivity index (χ0v) is 13.9. The zero-order chi connectivity index (χ0) is 15.1. The maximum absolute atomic E-state index is 11.6. The summed E-state index contributed by atoms with van der Waals surface area (Å²) in [5, 5.41) is 3.33. The molecule has 0 spiro atoms. The molecule has 1 aromatic heterocycles. The van der Waals surface area contributed by atoms with E-state index in [1.807, 2.05) is 0 Å². The number of amidine groups is 1. The van der Waals surface area contributed by atoms with Crippen LogP contribution in [0.2, 0.25) is 0 Å². The monoisotopic (exact) mass is 328 g/mol. The van der Waals surface area contributed by atoms with Crippen LogP contribution in [0.25, 0.3) is 0 Å². The highest BCUT2D eigenvalue weighted by Gasteiger charge is 2.03. The molecule has 6 nitrogen and oxygen atoms in total. The summed E-state index contributed by atoms with van der Waals surface area (Å²) in [6.45, 7) is 4.38.